The zero-order chi connectivity index (χ0) is 62.1. The van der Waals surface area contributed by atoms with Crippen molar-refractivity contribution in [1.82, 2.24) is 9.13 Å². The summed E-state index contributed by atoms with van der Waals surface area (Å²) in [4.78, 5) is 4.24. The SMILES string of the molecule is [2H]c1c([2H])c([2H])c(-c2ccc3c4ccccc4n(-c4c([N+]#[C-])c(-c5c([2H])c([2H])c([2H])c([2H])c5[2H])c(C#N)c(-n5c6c(ccc7c8ccccc8sc76)c6cc(-c7ccccc7)c7c8ccccc8sc7c65)c4-c4c([2H])c([2H])c([2H])c([2H])c4[2H])c3c2)c([2H])c1[2H]. The normalized spacial score (nSPS) is 14.6. The fraction of sp³-hybridized carbons (Fsp3) is 0. The molecule has 0 saturated carbocycles. The lowest BCUT2D eigenvalue weighted by atomic mass is 9.88. The van der Waals surface area contributed by atoms with Gasteiger partial charge >= 0.3 is 0 Å². The molecule has 0 amide bonds. The second kappa shape index (κ2) is 16.5. The number of para-hydroxylation sites is 1. The van der Waals surface area contributed by atoms with Crippen LogP contribution in [0.1, 0.15) is 26.1 Å². The molecular formula is C68H38N4S2. The molecule has 6 heteroatoms. The highest BCUT2D eigenvalue weighted by Crippen LogP contribution is 2.55. The molecule has 0 aliphatic carbocycles. The van der Waals surface area contributed by atoms with E-state index < -0.39 is 119 Å². The zero-order valence-corrected chi connectivity index (χ0v) is 40.0. The Bertz CT molecular complexity index is 5760. The Kier molecular flexibility index (Phi) is 6.62. The number of benzene rings is 11. The Hall–Kier alpha value is -9.56. The number of fused-ring (bicyclic) bond motifs is 14. The zero-order valence-electron chi connectivity index (χ0n) is 53.4. The second-order valence-electron chi connectivity index (χ2n) is 17.7. The lowest BCUT2D eigenvalue weighted by Gasteiger charge is -2.26. The van der Waals surface area contributed by atoms with Crippen molar-refractivity contribution in [2.75, 3.05) is 0 Å². The number of hydrogen-bond acceptors (Lipinski definition) is 3. The summed E-state index contributed by atoms with van der Waals surface area (Å²) in [5, 5.41) is 18.4. The van der Waals surface area contributed by atoms with Crippen LogP contribution in [0.5, 0.6) is 0 Å². The fourth-order valence-electron chi connectivity index (χ4n) is 11.1. The van der Waals surface area contributed by atoms with E-state index in [4.69, 9.17) is 9.60 Å². The van der Waals surface area contributed by atoms with Gasteiger partial charge in [-0.15, -0.1) is 22.7 Å². The number of rotatable bonds is 6. The number of nitriles is 1. The van der Waals surface area contributed by atoms with Gasteiger partial charge in [0.1, 0.15) is 6.07 Å². The molecule has 0 radical (unpaired) electrons. The molecule has 0 atom stereocenters. The molecule has 0 unspecified atom stereocenters. The summed E-state index contributed by atoms with van der Waals surface area (Å²) in [6, 6.07) is 35.8. The van der Waals surface area contributed by atoms with Gasteiger partial charge in [-0.25, -0.2) is 4.85 Å². The van der Waals surface area contributed by atoms with Crippen LogP contribution in [0.2, 0.25) is 0 Å². The van der Waals surface area contributed by atoms with E-state index in [0.29, 0.717) is 47.5 Å². The molecule has 0 N–H and O–H groups in total. The molecule has 0 aliphatic heterocycles. The number of aromatic nitrogens is 2. The molecule has 11 aromatic carbocycles. The van der Waals surface area contributed by atoms with E-state index in [1.165, 1.54) is 22.7 Å². The Morgan fingerprint density at radius 2 is 1.01 bits per heavy atom. The van der Waals surface area contributed by atoms with Crippen LogP contribution < -0.4 is 0 Å². The van der Waals surface area contributed by atoms with Crippen LogP contribution in [0.15, 0.2) is 230 Å². The minimum Gasteiger partial charge on any atom is -0.318 e. The first-order valence-corrected chi connectivity index (χ1v) is 25.1. The third kappa shape index (κ3) is 6.05. The lowest BCUT2D eigenvalue weighted by molar-refractivity contribution is 1.14. The van der Waals surface area contributed by atoms with Gasteiger partial charge in [-0.2, -0.15) is 5.26 Å². The smallest absolute Gasteiger partial charge is 0.220 e. The quantitative estimate of drug-likeness (QED) is 0.153. The van der Waals surface area contributed by atoms with Gasteiger partial charge in [0.25, 0.3) is 0 Å². The molecule has 15 rings (SSSR count). The molecule has 74 heavy (non-hydrogen) atoms. The number of thiophene rings is 2. The Labute approximate surface area is 454 Å². The Balaban J connectivity index is 1.30. The maximum absolute atomic E-state index is 12.6. The predicted molar refractivity (Wildman–Crippen MR) is 314 cm³/mol. The summed E-state index contributed by atoms with van der Waals surface area (Å²) in [5.74, 6) is 0. The monoisotopic (exact) mass is 989 g/mol. The summed E-state index contributed by atoms with van der Waals surface area (Å²) in [5.41, 5.74) is 0.357. The van der Waals surface area contributed by atoms with Crippen molar-refractivity contribution >= 4 is 112 Å². The molecule has 4 heterocycles. The summed E-state index contributed by atoms with van der Waals surface area (Å²) in [7, 11) is 0. The van der Waals surface area contributed by atoms with Crippen LogP contribution in [0, 0.1) is 17.9 Å². The number of nitrogens with zero attached hydrogens (tertiary/aromatic N) is 4. The van der Waals surface area contributed by atoms with Gasteiger partial charge in [-0.1, -0.05) is 200 Å². The second-order valence-corrected chi connectivity index (χ2v) is 19.8. The molecule has 4 nitrogen and oxygen atoms in total. The molecule has 342 valence electrons. The Morgan fingerprint density at radius 1 is 0.446 bits per heavy atom. The maximum atomic E-state index is 12.6. The minimum atomic E-state index is -0.775. The minimum absolute atomic E-state index is 0.142. The Morgan fingerprint density at radius 3 is 1.73 bits per heavy atom. The molecule has 15 aromatic rings. The standard InChI is InChI=1S/C68H38N4S2/c1-70-62-59(43-24-10-4-11-25-43)54(40-69)63(60(44-26-12-5-13-27-44)66(62)71-55-31-17-14-28-46(55)47-35-34-45(38-56(47)71)41-20-6-2-7-21-41)72-64-49(36-37-50-48-29-15-18-32-57(48)73-67(50)64)53-39-52(42-22-8-3-9-23-42)61-51-30-16-19-33-58(51)74-68(61)65(53)72/h2-39H/i2D,4D,5D,6D,7D,10D,11D,12D,13D,20D,21D,24D,25D,26D,27D. The van der Waals surface area contributed by atoms with Crippen LogP contribution in [-0.2, 0) is 0 Å². The summed E-state index contributed by atoms with van der Waals surface area (Å²) in [6.45, 7) is 9.53. The third-order valence-corrected chi connectivity index (χ3v) is 16.4. The molecule has 0 bridgehead atoms. The average Bonchev–Trinajstić information content (AvgIpc) is 1.59. The van der Waals surface area contributed by atoms with E-state index >= 15 is 0 Å². The van der Waals surface area contributed by atoms with Gasteiger partial charge in [0, 0.05) is 63.6 Å². The topological polar surface area (TPSA) is 38.0 Å². The molecule has 0 spiro atoms. The molecule has 4 aromatic heterocycles. The highest BCUT2D eigenvalue weighted by molar-refractivity contribution is 7.27. The van der Waals surface area contributed by atoms with Gasteiger partial charge in [-0.3, -0.25) is 0 Å². The first-order chi connectivity index (χ1) is 42.9. The fourth-order valence-corrected chi connectivity index (χ4v) is 13.6. The van der Waals surface area contributed by atoms with Crippen LogP contribution >= 0.6 is 22.7 Å². The largest absolute Gasteiger partial charge is 0.318 e. The average molecular weight is 990 g/mol. The van der Waals surface area contributed by atoms with Crippen LogP contribution in [-0.4, -0.2) is 9.13 Å². The first kappa shape index (κ1) is 29.7. The molecule has 0 aliphatic rings. The van der Waals surface area contributed by atoms with Gasteiger partial charge < -0.3 is 9.13 Å². The molecule has 0 saturated heterocycles. The predicted octanol–water partition coefficient (Wildman–Crippen LogP) is 19.7. The lowest BCUT2D eigenvalue weighted by Crippen LogP contribution is -2.09. The highest BCUT2D eigenvalue weighted by Gasteiger charge is 2.33. The van der Waals surface area contributed by atoms with Crippen LogP contribution in [0.4, 0.5) is 5.69 Å². The van der Waals surface area contributed by atoms with E-state index in [1.807, 2.05) is 95.6 Å². The van der Waals surface area contributed by atoms with Gasteiger partial charge in [0.15, 0.2) is 0 Å². The third-order valence-electron chi connectivity index (χ3n) is 14.0. The van der Waals surface area contributed by atoms with E-state index in [1.54, 1.807) is 47.0 Å². The van der Waals surface area contributed by atoms with E-state index in [0.717, 1.165) is 42.1 Å². The van der Waals surface area contributed by atoms with Gasteiger partial charge in [0.05, 0.1) is 75.5 Å². The van der Waals surface area contributed by atoms with Crippen molar-refractivity contribution in [3.63, 3.8) is 0 Å². The van der Waals surface area contributed by atoms with E-state index in [2.05, 4.69) is 17.0 Å². The highest BCUT2D eigenvalue weighted by atomic mass is 32.1. The van der Waals surface area contributed by atoms with Crippen molar-refractivity contribution in [3.8, 4) is 62.0 Å². The number of hydrogen-bond donors (Lipinski definition) is 0. The summed E-state index contributed by atoms with van der Waals surface area (Å²) in [6.07, 6.45) is 0. The van der Waals surface area contributed by atoms with Crippen molar-refractivity contribution in [1.29, 1.82) is 5.26 Å². The maximum Gasteiger partial charge on any atom is 0.220 e. The van der Waals surface area contributed by atoms with Crippen LogP contribution in [0.3, 0.4) is 0 Å². The van der Waals surface area contributed by atoms with Crippen molar-refractivity contribution < 1.29 is 20.6 Å². The van der Waals surface area contributed by atoms with E-state index in [-0.39, 0.29) is 33.6 Å². The van der Waals surface area contributed by atoms with Gasteiger partial charge in [0.2, 0.25) is 5.69 Å². The van der Waals surface area contributed by atoms with Crippen molar-refractivity contribution in [3.05, 3.63) is 247 Å². The van der Waals surface area contributed by atoms with Crippen molar-refractivity contribution in [2.24, 2.45) is 0 Å². The van der Waals surface area contributed by atoms with Gasteiger partial charge in [-0.05, 0) is 63.7 Å². The summed E-state index contributed by atoms with van der Waals surface area (Å²) >= 11 is 2.95. The first-order valence-electron chi connectivity index (χ1n) is 30.9. The molecular weight excluding hydrogens is 937 g/mol. The van der Waals surface area contributed by atoms with Crippen molar-refractivity contribution in [2.45, 2.75) is 0 Å². The van der Waals surface area contributed by atoms with Crippen LogP contribution in [0.25, 0.3) is 145 Å². The summed E-state index contributed by atoms with van der Waals surface area (Å²) < 4.78 is 146. The van der Waals surface area contributed by atoms with E-state index in [9.17, 15) is 22.8 Å². The molecule has 0 fully saturated rings.